The van der Waals surface area contributed by atoms with Crippen molar-refractivity contribution >= 4 is 23.3 Å². The van der Waals surface area contributed by atoms with Gasteiger partial charge < -0.3 is 24.4 Å². The number of hydrogen-bond donors (Lipinski definition) is 1. The first-order valence-electron chi connectivity index (χ1n) is 11.0. The quantitative estimate of drug-likeness (QED) is 0.405. The lowest BCUT2D eigenvalue weighted by molar-refractivity contribution is 0.0600. The number of thiocarbonyl (C=S) groups is 1. The van der Waals surface area contributed by atoms with Gasteiger partial charge in [-0.3, -0.25) is 4.98 Å². The summed E-state index contributed by atoms with van der Waals surface area (Å²) in [4.78, 5) is 20.9. The van der Waals surface area contributed by atoms with Gasteiger partial charge in [0.1, 0.15) is 0 Å². The van der Waals surface area contributed by atoms with Crippen LogP contribution in [0.5, 0.6) is 0 Å². The molecule has 172 valence electrons. The second kappa shape index (κ2) is 10.1. The summed E-state index contributed by atoms with van der Waals surface area (Å²) >= 11 is 5.78. The van der Waals surface area contributed by atoms with Gasteiger partial charge in [0.05, 0.1) is 30.5 Å². The van der Waals surface area contributed by atoms with Gasteiger partial charge >= 0.3 is 5.97 Å². The molecule has 1 aliphatic rings. The van der Waals surface area contributed by atoms with Crippen LogP contribution in [0.15, 0.2) is 67.0 Å². The molecule has 33 heavy (non-hydrogen) atoms. The van der Waals surface area contributed by atoms with Crippen molar-refractivity contribution in [1.82, 2.24) is 24.7 Å². The molecule has 3 aromatic rings. The predicted molar refractivity (Wildman–Crippen MR) is 132 cm³/mol. The monoisotopic (exact) mass is 463 g/mol. The molecule has 0 spiro atoms. The summed E-state index contributed by atoms with van der Waals surface area (Å²) in [5.41, 5.74) is 3.55. The van der Waals surface area contributed by atoms with E-state index in [2.05, 4.69) is 44.8 Å². The van der Waals surface area contributed by atoms with Crippen LogP contribution >= 0.6 is 12.2 Å². The maximum Gasteiger partial charge on any atom is 0.337 e. The number of esters is 1. The van der Waals surface area contributed by atoms with Crippen LogP contribution in [-0.4, -0.2) is 64.7 Å². The van der Waals surface area contributed by atoms with Crippen molar-refractivity contribution in [3.05, 3.63) is 83.9 Å². The SMILES string of the molecule is COC(=O)c1ccc(-n2cccc2[C@@H]2[C@@H](c3ccccn3)NC(=S)N2CCCN(C)C)cc1. The molecule has 3 heterocycles. The highest BCUT2D eigenvalue weighted by atomic mass is 32.1. The van der Waals surface area contributed by atoms with Gasteiger partial charge in [0, 0.05) is 30.3 Å². The Morgan fingerprint density at radius 1 is 1.15 bits per heavy atom. The van der Waals surface area contributed by atoms with Crippen LogP contribution in [0.3, 0.4) is 0 Å². The number of methoxy groups -OCH3 is 1. The van der Waals surface area contributed by atoms with Crippen molar-refractivity contribution in [1.29, 1.82) is 0 Å². The fourth-order valence-corrected chi connectivity index (χ4v) is 4.60. The first-order valence-corrected chi connectivity index (χ1v) is 11.4. The Hall–Kier alpha value is -3.23. The molecule has 1 aromatic carbocycles. The molecule has 2 aromatic heterocycles. The number of carbonyl (C=O) groups excluding carboxylic acids is 1. The minimum atomic E-state index is -0.345. The molecule has 0 amide bonds. The summed E-state index contributed by atoms with van der Waals surface area (Å²) in [6.07, 6.45) is 4.85. The van der Waals surface area contributed by atoms with Gasteiger partial charge in [0.25, 0.3) is 0 Å². The lowest BCUT2D eigenvalue weighted by Crippen LogP contribution is -2.33. The number of ether oxygens (including phenoxy) is 1. The molecule has 0 aliphatic carbocycles. The number of hydrogen-bond acceptors (Lipinski definition) is 5. The second-order valence-electron chi connectivity index (χ2n) is 8.32. The van der Waals surface area contributed by atoms with E-state index in [4.69, 9.17) is 17.0 Å². The highest BCUT2D eigenvalue weighted by molar-refractivity contribution is 7.80. The maximum absolute atomic E-state index is 11.8. The molecule has 8 heteroatoms. The zero-order valence-corrected chi connectivity index (χ0v) is 20.0. The standard InChI is InChI=1S/C25H29N5O2S/c1-28(2)15-7-17-30-23(22(27-25(30)33)20-8-4-5-14-26-20)21-9-6-16-29(21)19-12-10-18(11-13-19)24(31)32-3/h4-6,8-14,16,22-23H,7,15,17H2,1-3H3,(H,27,33)/t22-,23-/m1/s1. The number of aromatic nitrogens is 2. The first kappa shape index (κ1) is 22.9. The number of rotatable bonds is 8. The Kier molecular flexibility index (Phi) is 7.05. The molecule has 1 saturated heterocycles. The van der Waals surface area contributed by atoms with E-state index in [-0.39, 0.29) is 18.1 Å². The van der Waals surface area contributed by atoms with Gasteiger partial charge in [0.15, 0.2) is 5.11 Å². The number of pyridine rings is 1. The Balaban J connectivity index is 1.71. The number of nitrogens with zero attached hydrogens (tertiary/aromatic N) is 4. The molecule has 1 aliphatic heterocycles. The fourth-order valence-electron chi connectivity index (χ4n) is 4.27. The van der Waals surface area contributed by atoms with Gasteiger partial charge in [-0.1, -0.05) is 6.07 Å². The highest BCUT2D eigenvalue weighted by Crippen LogP contribution is 2.39. The van der Waals surface area contributed by atoms with Crippen molar-refractivity contribution in [2.24, 2.45) is 0 Å². The van der Waals surface area contributed by atoms with Crippen LogP contribution in [0.2, 0.25) is 0 Å². The summed E-state index contributed by atoms with van der Waals surface area (Å²) in [7, 11) is 5.55. The largest absolute Gasteiger partial charge is 0.465 e. The molecule has 7 nitrogen and oxygen atoms in total. The van der Waals surface area contributed by atoms with E-state index in [1.807, 2.05) is 48.8 Å². The molecular weight excluding hydrogens is 434 g/mol. The third-order valence-electron chi connectivity index (χ3n) is 5.85. The molecule has 0 radical (unpaired) electrons. The third kappa shape index (κ3) is 4.91. The highest BCUT2D eigenvalue weighted by Gasteiger charge is 2.40. The van der Waals surface area contributed by atoms with Crippen LogP contribution in [0.4, 0.5) is 0 Å². The van der Waals surface area contributed by atoms with Crippen molar-refractivity contribution in [3.8, 4) is 5.69 Å². The summed E-state index contributed by atoms with van der Waals surface area (Å²) < 4.78 is 6.98. The van der Waals surface area contributed by atoms with E-state index < -0.39 is 0 Å². The number of benzene rings is 1. The fraction of sp³-hybridized carbons (Fsp3) is 0.320. The van der Waals surface area contributed by atoms with Crippen LogP contribution in [-0.2, 0) is 4.74 Å². The molecular formula is C25H29N5O2S. The minimum absolute atomic E-state index is 0.0233. The molecule has 4 rings (SSSR count). The summed E-state index contributed by atoms with van der Waals surface area (Å²) in [6.45, 7) is 1.82. The zero-order chi connectivity index (χ0) is 23.4. The average Bonchev–Trinajstić information content (AvgIpc) is 3.43. The molecule has 0 bridgehead atoms. The van der Waals surface area contributed by atoms with Gasteiger partial charge in [-0.05, 0) is 87.8 Å². The number of nitrogens with one attached hydrogen (secondary N) is 1. The molecule has 1 fully saturated rings. The Labute approximate surface area is 200 Å². The van der Waals surface area contributed by atoms with Gasteiger partial charge in [0.2, 0.25) is 0 Å². The van der Waals surface area contributed by atoms with Crippen LogP contribution < -0.4 is 5.32 Å². The van der Waals surface area contributed by atoms with E-state index in [0.29, 0.717) is 5.56 Å². The molecule has 0 unspecified atom stereocenters. The minimum Gasteiger partial charge on any atom is -0.465 e. The molecule has 0 saturated carbocycles. The summed E-state index contributed by atoms with van der Waals surface area (Å²) in [5, 5.41) is 4.25. The summed E-state index contributed by atoms with van der Waals surface area (Å²) in [6, 6.07) is 17.5. The summed E-state index contributed by atoms with van der Waals surface area (Å²) in [5.74, 6) is -0.345. The molecule has 2 atom stereocenters. The molecule has 1 N–H and O–H groups in total. The van der Waals surface area contributed by atoms with E-state index in [1.54, 1.807) is 12.1 Å². The Morgan fingerprint density at radius 2 is 1.94 bits per heavy atom. The lowest BCUT2D eigenvalue weighted by Gasteiger charge is -2.29. The Morgan fingerprint density at radius 3 is 2.61 bits per heavy atom. The normalized spacial score (nSPS) is 17.9. The second-order valence-corrected chi connectivity index (χ2v) is 8.71. The zero-order valence-electron chi connectivity index (χ0n) is 19.1. The lowest BCUT2D eigenvalue weighted by atomic mass is 10.0. The van der Waals surface area contributed by atoms with Crippen molar-refractivity contribution in [2.45, 2.75) is 18.5 Å². The van der Waals surface area contributed by atoms with Crippen LogP contribution in [0.1, 0.15) is 40.3 Å². The van der Waals surface area contributed by atoms with Crippen LogP contribution in [0.25, 0.3) is 5.69 Å². The Bertz CT molecular complexity index is 1100. The van der Waals surface area contributed by atoms with Gasteiger partial charge in [-0.25, -0.2) is 4.79 Å². The van der Waals surface area contributed by atoms with E-state index in [0.717, 1.165) is 41.7 Å². The van der Waals surface area contributed by atoms with E-state index in [1.165, 1.54) is 7.11 Å². The van der Waals surface area contributed by atoms with Crippen molar-refractivity contribution in [2.75, 3.05) is 34.3 Å². The number of carbonyl (C=O) groups is 1. The average molecular weight is 464 g/mol. The maximum atomic E-state index is 11.8. The van der Waals surface area contributed by atoms with Gasteiger partial charge in [-0.2, -0.15) is 0 Å². The topological polar surface area (TPSA) is 62.6 Å². The van der Waals surface area contributed by atoms with E-state index in [9.17, 15) is 4.79 Å². The van der Waals surface area contributed by atoms with Crippen molar-refractivity contribution in [3.63, 3.8) is 0 Å². The smallest absolute Gasteiger partial charge is 0.337 e. The third-order valence-corrected chi connectivity index (χ3v) is 6.20. The van der Waals surface area contributed by atoms with E-state index >= 15 is 0 Å². The first-order chi connectivity index (χ1) is 16.0. The van der Waals surface area contributed by atoms with Crippen LogP contribution in [0, 0.1) is 0 Å². The van der Waals surface area contributed by atoms with Crippen molar-refractivity contribution < 1.29 is 9.53 Å². The predicted octanol–water partition coefficient (Wildman–Crippen LogP) is 3.58. The van der Waals surface area contributed by atoms with Gasteiger partial charge in [-0.15, -0.1) is 0 Å².